The van der Waals surface area contributed by atoms with Gasteiger partial charge in [0.15, 0.2) is 0 Å². The Balaban J connectivity index is 2.13. The van der Waals surface area contributed by atoms with Gasteiger partial charge >= 0.3 is 0 Å². The summed E-state index contributed by atoms with van der Waals surface area (Å²) in [7, 11) is 0. The van der Waals surface area contributed by atoms with E-state index in [1.165, 1.54) is 22.3 Å². The van der Waals surface area contributed by atoms with E-state index in [2.05, 4.69) is 44.0 Å². The number of aryl methyl sites for hydroxylation is 3. The van der Waals surface area contributed by atoms with E-state index in [0.29, 0.717) is 0 Å². The van der Waals surface area contributed by atoms with Crippen LogP contribution in [-0.4, -0.2) is 9.97 Å². The maximum absolute atomic E-state index is 4.80. The van der Waals surface area contributed by atoms with Gasteiger partial charge in [0, 0.05) is 11.8 Å². The molecule has 0 N–H and O–H groups in total. The number of hydrogen-bond acceptors (Lipinski definition) is 2. The van der Waals surface area contributed by atoms with Crippen molar-refractivity contribution >= 4 is 0 Å². The summed E-state index contributed by atoms with van der Waals surface area (Å²) < 4.78 is 0. The van der Waals surface area contributed by atoms with Gasteiger partial charge in [-0.15, -0.1) is 0 Å². The molecule has 0 amide bonds. The molecule has 21 heavy (non-hydrogen) atoms. The summed E-state index contributed by atoms with van der Waals surface area (Å²) >= 11 is 0. The predicted octanol–water partition coefficient (Wildman–Crippen LogP) is 4.74. The van der Waals surface area contributed by atoms with Crippen LogP contribution in [0.1, 0.15) is 16.7 Å². The van der Waals surface area contributed by atoms with Crippen molar-refractivity contribution in [3.8, 4) is 22.6 Å². The van der Waals surface area contributed by atoms with Gasteiger partial charge in [-0.25, -0.2) is 4.98 Å². The second-order valence-electron chi connectivity index (χ2n) is 5.40. The van der Waals surface area contributed by atoms with Crippen LogP contribution in [-0.2, 0) is 0 Å². The number of hydrogen-bond donors (Lipinski definition) is 0. The molecule has 0 unspecified atom stereocenters. The molecule has 0 aliphatic heterocycles. The first-order valence-corrected chi connectivity index (χ1v) is 7.12. The predicted molar refractivity (Wildman–Crippen MR) is 87.1 cm³/mol. The molecule has 2 heteroatoms. The Hall–Kier alpha value is -2.48. The first-order valence-electron chi connectivity index (χ1n) is 7.12. The molecule has 0 spiro atoms. The molecular weight excluding hydrogens is 256 g/mol. The molecule has 2 nitrogen and oxygen atoms in total. The van der Waals surface area contributed by atoms with E-state index in [-0.39, 0.29) is 0 Å². The Labute approximate surface area is 125 Å². The van der Waals surface area contributed by atoms with Crippen LogP contribution in [0.3, 0.4) is 0 Å². The lowest BCUT2D eigenvalue weighted by Crippen LogP contribution is -1.94. The van der Waals surface area contributed by atoms with Gasteiger partial charge in [0.25, 0.3) is 0 Å². The highest BCUT2D eigenvalue weighted by molar-refractivity contribution is 5.70. The van der Waals surface area contributed by atoms with Gasteiger partial charge < -0.3 is 0 Å². The summed E-state index contributed by atoms with van der Waals surface area (Å²) in [5.74, 6) is 0. The van der Waals surface area contributed by atoms with E-state index in [4.69, 9.17) is 4.98 Å². The third-order valence-corrected chi connectivity index (χ3v) is 3.61. The highest BCUT2D eigenvalue weighted by Gasteiger charge is 2.09. The average Bonchev–Trinajstić information content (AvgIpc) is 2.47. The summed E-state index contributed by atoms with van der Waals surface area (Å²) in [6.45, 7) is 6.41. The molecule has 1 aromatic carbocycles. The van der Waals surface area contributed by atoms with Crippen LogP contribution in [0.5, 0.6) is 0 Å². The molecule has 3 rings (SSSR count). The zero-order valence-electron chi connectivity index (χ0n) is 12.6. The van der Waals surface area contributed by atoms with E-state index in [0.717, 1.165) is 17.1 Å². The molecule has 2 heterocycles. The van der Waals surface area contributed by atoms with Gasteiger partial charge in [-0.1, -0.05) is 29.8 Å². The van der Waals surface area contributed by atoms with Gasteiger partial charge in [-0.3, -0.25) is 4.98 Å². The molecule has 0 aliphatic rings. The molecule has 0 radical (unpaired) electrons. The molecule has 0 bridgehead atoms. The molecule has 0 atom stereocenters. The summed E-state index contributed by atoms with van der Waals surface area (Å²) in [5.41, 5.74) is 7.85. The fourth-order valence-electron chi connectivity index (χ4n) is 2.81. The summed E-state index contributed by atoms with van der Waals surface area (Å²) in [5, 5.41) is 0. The minimum absolute atomic E-state index is 0.904. The van der Waals surface area contributed by atoms with Crippen LogP contribution in [0, 0.1) is 20.8 Å². The summed E-state index contributed by atoms with van der Waals surface area (Å²) in [6.07, 6.45) is 1.80. The quantitative estimate of drug-likeness (QED) is 0.674. The van der Waals surface area contributed by atoms with Crippen LogP contribution < -0.4 is 0 Å². The monoisotopic (exact) mass is 274 g/mol. The van der Waals surface area contributed by atoms with Gasteiger partial charge in [0.1, 0.15) is 0 Å². The first kappa shape index (κ1) is 13.5. The highest BCUT2D eigenvalue weighted by Crippen LogP contribution is 2.28. The second kappa shape index (κ2) is 5.49. The molecule has 0 saturated carbocycles. The zero-order valence-corrected chi connectivity index (χ0v) is 12.6. The zero-order chi connectivity index (χ0) is 14.8. The van der Waals surface area contributed by atoms with Crippen molar-refractivity contribution in [1.82, 2.24) is 9.97 Å². The largest absolute Gasteiger partial charge is 0.255 e. The fraction of sp³-hybridized carbons (Fsp3) is 0.158. The second-order valence-corrected chi connectivity index (χ2v) is 5.40. The Bertz CT molecular complexity index is 754. The van der Waals surface area contributed by atoms with Gasteiger partial charge in [-0.2, -0.15) is 0 Å². The normalized spacial score (nSPS) is 10.6. The van der Waals surface area contributed by atoms with Crippen molar-refractivity contribution in [2.24, 2.45) is 0 Å². The molecular formula is C19H18N2. The van der Waals surface area contributed by atoms with Crippen molar-refractivity contribution in [1.29, 1.82) is 0 Å². The van der Waals surface area contributed by atoms with Crippen molar-refractivity contribution in [3.05, 3.63) is 71.4 Å². The van der Waals surface area contributed by atoms with E-state index >= 15 is 0 Å². The lowest BCUT2D eigenvalue weighted by Gasteiger charge is -2.12. The first-order chi connectivity index (χ1) is 10.1. The van der Waals surface area contributed by atoms with Crippen LogP contribution in [0.25, 0.3) is 22.6 Å². The molecule has 104 valence electrons. The number of nitrogens with zero attached hydrogens (tertiary/aromatic N) is 2. The lowest BCUT2D eigenvalue weighted by atomic mass is 9.97. The van der Waals surface area contributed by atoms with Gasteiger partial charge in [-0.05, 0) is 56.2 Å². The Kier molecular flexibility index (Phi) is 3.53. The topological polar surface area (TPSA) is 25.8 Å². The average molecular weight is 274 g/mol. The minimum atomic E-state index is 0.904. The van der Waals surface area contributed by atoms with Crippen LogP contribution in [0.2, 0.25) is 0 Å². The van der Waals surface area contributed by atoms with Crippen molar-refractivity contribution in [3.63, 3.8) is 0 Å². The minimum Gasteiger partial charge on any atom is -0.255 e. The van der Waals surface area contributed by atoms with Crippen molar-refractivity contribution in [2.75, 3.05) is 0 Å². The Morgan fingerprint density at radius 2 is 1.38 bits per heavy atom. The fourth-order valence-corrected chi connectivity index (χ4v) is 2.81. The van der Waals surface area contributed by atoms with Crippen LogP contribution >= 0.6 is 0 Å². The molecule has 0 saturated heterocycles. The molecule has 3 aromatic rings. The third-order valence-electron chi connectivity index (χ3n) is 3.61. The molecule has 0 aliphatic carbocycles. The standard InChI is InChI=1S/C19H18N2/c1-13-11-14(2)19(15(3)12-13)18-9-6-8-17(21-18)16-7-4-5-10-20-16/h4-12H,1-3H3. The van der Waals surface area contributed by atoms with E-state index in [1.807, 2.05) is 30.3 Å². The van der Waals surface area contributed by atoms with Crippen LogP contribution in [0.15, 0.2) is 54.7 Å². The summed E-state index contributed by atoms with van der Waals surface area (Å²) in [6, 6.07) is 16.4. The smallest absolute Gasteiger partial charge is 0.0893 e. The van der Waals surface area contributed by atoms with Crippen LogP contribution in [0.4, 0.5) is 0 Å². The third kappa shape index (κ3) is 2.70. The Morgan fingerprint density at radius 3 is 2.05 bits per heavy atom. The highest BCUT2D eigenvalue weighted by atomic mass is 14.8. The number of pyridine rings is 2. The van der Waals surface area contributed by atoms with E-state index in [1.54, 1.807) is 6.20 Å². The van der Waals surface area contributed by atoms with Gasteiger partial charge in [0.2, 0.25) is 0 Å². The molecule has 0 fully saturated rings. The lowest BCUT2D eigenvalue weighted by molar-refractivity contribution is 1.23. The maximum Gasteiger partial charge on any atom is 0.0893 e. The van der Waals surface area contributed by atoms with E-state index < -0.39 is 0 Å². The SMILES string of the molecule is Cc1cc(C)c(-c2cccc(-c3ccccn3)n2)c(C)c1. The number of rotatable bonds is 2. The van der Waals surface area contributed by atoms with Gasteiger partial charge in [0.05, 0.1) is 17.1 Å². The van der Waals surface area contributed by atoms with Crippen molar-refractivity contribution in [2.45, 2.75) is 20.8 Å². The maximum atomic E-state index is 4.80. The molecule has 2 aromatic heterocycles. The van der Waals surface area contributed by atoms with E-state index in [9.17, 15) is 0 Å². The Morgan fingerprint density at radius 1 is 0.714 bits per heavy atom. The van der Waals surface area contributed by atoms with Crippen molar-refractivity contribution < 1.29 is 0 Å². The number of benzene rings is 1. The summed E-state index contributed by atoms with van der Waals surface area (Å²) in [4.78, 5) is 9.18. The number of aromatic nitrogens is 2.